The summed E-state index contributed by atoms with van der Waals surface area (Å²) in [6.07, 6.45) is 0. The van der Waals surface area contributed by atoms with Crippen LogP contribution in [-0.4, -0.2) is 31.8 Å². The topological polar surface area (TPSA) is 91.0 Å². The highest BCUT2D eigenvalue weighted by molar-refractivity contribution is 5.98. The van der Waals surface area contributed by atoms with Gasteiger partial charge in [-0.3, -0.25) is 4.84 Å². The van der Waals surface area contributed by atoms with E-state index >= 15 is 0 Å². The summed E-state index contributed by atoms with van der Waals surface area (Å²) in [5.41, 5.74) is 4.53. The van der Waals surface area contributed by atoms with Crippen molar-refractivity contribution >= 4 is 5.84 Å². The van der Waals surface area contributed by atoms with E-state index in [-0.39, 0.29) is 0 Å². The van der Waals surface area contributed by atoms with Gasteiger partial charge >= 0.3 is 0 Å². The van der Waals surface area contributed by atoms with Gasteiger partial charge in [-0.25, -0.2) is 21.4 Å². The molecule has 1 aliphatic rings. The molecule has 3 N–H and O–H groups in total. The second-order valence-electron chi connectivity index (χ2n) is 3.16. The van der Waals surface area contributed by atoms with Crippen molar-refractivity contribution in [1.82, 2.24) is 10.5 Å². The molecule has 0 amide bonds. The second kappa shape index (κ2) is 10.2. The Morgan fingerprint density at radius 3 is 2.42 bits per heavy atom. The van der Waals surface area contributed by atoms with E-state index in [0.29, 0.717) is 18.4 Å². The van der Waals surface area contributed by atoms with Crippen molar-refractivity contribution in [3.63, 3.8) is 0 Å². The summed E-state index contributed by atoms with van der Waals surface area (Å²) in [5, 5.41) is 0. The largest absolute Gasteiger partial charge is 0.481 e. The smallest absolute Gasteiger partial charge is 0.213 e. The van der Waals surface area contributed by atoms with Crippen LogP contribution in [0, 0.1) is 6.92 Å². The van der Waals surface area contributed by atoms with Crippen molar-refractivity contribution in [3.05, 3.63) is 23.4 Å². The molecular formula is C12H22N4O3. The number of nitrogens with zero attached hydrogens (tertiary/aromatic N) is 2. The first-order valence-electron chi connectivity index (χ1n) is 5.89. The summed E-state index contributed by atoms with van der Waals surface area (Å²) in [6, 6.07) is 3.73. The highest BCUT2D eigenvalue weighted by Gasteiger charge is 2.10. The summed E-state index contributed by atoms with van der Waals surface area (Å²) in [6.45, 7) is 6.25. The third-order valence-corrected chi connectivity index (χ3v) is 1.87. The predicted octanol–water partition coefficient (Wildman–Crippen LogP) is 1.17. The molecule has 0 aromatic carbocycles. The molecule has 108 valence electrons. The number of nitrogens with one attached hydrogen (secondary N) is 1. The van der Waals surface area contributed by atoms with Crippen LogP contribution in [0.15, 0.2) is 17.1 Å². The molecular weight excluding hydrogens is 248 g/mol. The normalized spacial score (nSPS) is 12.2. The fourth-order valence-electron chi connectivity index (χ4n) is 1.26. The summed E-state index contributed by atoms with van der Waals surface area (Å²) in [4.78, 5) is 17.0. The minimum atomic E-state index is 0.346. The molecule has 7 heteroatoms. The molecule has 0 unspecified atom stereocenters. The van der Waals surface area contributed by atoms with Crippen LogP contribution in [-0.2, 0) is 9.68 Å². The van der Waals surface area contributed by atoms with E-state index in [1.54, 1.807) is 7.11 Å². The molecule has 1 aromatic rings. The van der Waals surface area contributed by atoms with Gasteiger partial charge < -0.3 is 9.57 Å². The van der Waals surface area contributed by atoms with E-state index < -0.39 is 0 Å². The van der Waals surface area contributed by atoms with Crippen molar-refractivity contribution in [3.8, 4) is 5.88 Å². The number of pyridine rings is 1. The van der Waals surface area contributed by atoms with Crippen LogP contribution < -0.4 is 16.1 Å². The summed E-state index contributed by atoms with van der Waals surface area (Å²) in [7, 11) is 2.99. The molecule has 2 rings (SSSR count). The molecule has 0 saturated heterocycles. The first kappa shape index (κ1) is 17.3. The lowest BCUT2D eigenvalue weighted by Crippen LogP contribution is -2.18. The van der Waals surface area contributed by atoms with E-state index in [4.69, 9.17) is 9.57 Å². The van der Waals surface area contributed by atoms with Gasteiger partial charge in [0.2, 0.25) is 5.88 Å². The Morgan fingerprint density at radius 2 is 1.95 bits per heavy atom. The maximum absolute atomic E-state index is 5.06. The number of aromatic nitrogens is 1. The van der Waals surface area contributed by atoms with Gasteiger partial charge in [-0.2, -0.15) is 0 Å². The van der Waals surface area contributed by atoms with Crippen molar-refractivity contribution in [2.45, 2.75) is 20.8 Å². The van der Waals surface area contributed by atoms with Crippen molar-refractivity contribution < 1.29 is 14.4 Å². The van der Waals surface area contributed by atoms with Gasteiger partial charge in [0.05, 0.1) is 14.2 Å². The number of hydrogen-bond acceptors (Lipinski definition) is 7. The lowest BCUT2D eigenvalue weighted by molar-refractivity contribution is 0.115. The Kier molecular flexibility index (Phi) is 9.33. The van der Waals surface area contributed by atoms with Crippen molar-refractivity contribution in [2.24, 2.45) is 10.9 Å². The van der Waals surface area contributed by atoms with Crippen LogP contribution in [0.3, 0.4) is 0 Å². The zero-order valence-electron chi connectivity index (χ0n) is 12.1. The zero-order valence-corrected chi connectivity index (χ0v) is 12.1. The summed E-state index contributed by atoms with van der Waals surface area (Å²) < 4.78 is 5.06. The van der Waals surface area contributed by atoms with E-state index in [1.807, 2.05) is 32.9 Å². The molecule has 7 nitrogen and oxygen atoms in total. The van der Waals surface area contributed by atoms with Gasteiger partial charge in [0.15, 0.2) is 12.6 Å². The number of hydroxylamine groups is 1. The van der Waals surface area contributed by atoms with Crippen LogP contribution in [0.1, 0.15) is 25.1 Å². The number of methoxy groups -OCH3 is 1. The average Bonchev–Trinajstić information content (AvgIpc) is 2.95. The fraction of sp³-hybridized carbons (Fsp3) is 0.500. The molecule has 0 saturated carbocycles. The molecule has 0 bridgehead atoms. The fourth-order valence-corrected chi connectivity index (χ4v) is 1.26. The van der Waals surface area contributed by atoms with Crippen LogP contribution in [0.5, 0.6) is 5.88 Å². The Hall–Kier alpha value is -1.70. The maximum atomic E-state index is 5.06. The van der Waals surface area contributed by atoms with Gasteiger partial charge in [-0.05, 0) is 13.0 Å². The first-order valence-corrected chi connectivity index (χ1v) is 5.89. The number of aliphatic imine (C=N–C) groups is 1. The van der Waals surface area contributed by atoms with Gasteiger partial charge in [-0.1, -0.05) is 13.8 Å². The van der Waals surface area contributed by atoms with E-state index in [2.05, 4.69) is 26.2 Å². The van der Waals surface area contributed by atoms with Crippen LogP contribution in [0.2, 0.25) is 0 Å². The van der Waals surface area contributed by atoms with Gasteiger partial charge in [0.25, 0.3) is 0 Å². The van der Waals surface area contributed by atoms with E-state index in [0.717, 1.165) is 11.3 Å². The Bertz CT molecular complexity index is 397. The monoisotopic (exact) mass is 270 g/mol. The summed E-state index contributed by atoms with van der Waals surface area (Å²) in [5.74, 6) is 5.64. The molecule has 0 radical (unpaired) electrons. The standard InChI is InChI=1S/C9H11N3O2.C2H6.CH5NO/c1-6-3-7(4-8(11-6)13-2)9-10-5-14-12-9;1-2;1-3-2/h3-4H,5H2,1-2H3,(H,10,12);1-2H3;2H2,1H3. The number of amidine groups is 1. The van der Waals surface area contributed by atoms with Gasteiger partial charge in [0.1, 0.15) is 0 Å². The molecule has 19 heavy (non-hydrogen) atoms. The van der Waals surface area contributed by atoms with E-state index in [9.17, 15) is 0 Å². The Morgan fingerprint density at radius 1 is 1.32 bits per heavy atom. The third kappa shape index (κ3) is 6.14. The quantitative estimate of drug-likeness (QED) is 0.784. The minimum absolute atomic E-state index is 0.346. The first-order chi connectivity index (χ1) is 9.21. The Labute approximate surface area is 113 Å². The van der Waals surface area contributed by atoms with Crippen LogP contribution >= 0.6 is 0 Å². The highest BCUT2D eigenvalue weighted by atomic mass is 16.7. The summed E-state index contributed by atoms with van der Waals surface area (Å²) >= 11 is 0. The molecule has 0 fully saturated rings. The number of rotatable bonds is 2. The highest BCUT2D eigenvalue weighted by Crippen LogP contribution is 2.13. The van der Waals surface area contributed by atoms with Crippen molar-refractivity contribution in [2.75, 3.05) is 21.0 Å². The SMILES string of the molecule is CC.CON.COc1cc(C2=NCON2)cc(C)n1. The second-order valence-corrected chi connectivity index (χ2v) is 3.16. The lowest BCUT2D eigenvalue weighted by atomic mass is 10.2. The lowest BCUT2D eigenvalue weighted by Gasteiger charge is -2.05. The zero-order chi connectivity index (χ0) is 14.7. The molecule has 0 atom stereocenters. The minimum Gasteiger partial charge on any atom is -0.481 e. The Balaban J connectivity index is 0.000000573. The molecule has 0 spiro atoms. The number of hydrogen-bond donors (Lipinski definition) is 2. The number of ether oxygens (including phenoxy) is 1. The molecule has 1 aromatic heterocycles. The van der Waals surface area contributed by atoms with Gasteiger partial charge in [0, 0.05) is 17.3 Å². The average molecular weight is 270 g/mol. The molecule has 0 aliphatic carbocycles. The van der Waals surface area contributed by atoms with Crippen LogP contribution in [0.4, 0.5) is 0 Å². The molecule has 1 aliphatic heterocycles. The maximum Gasteiger partial charge on any atom is 0.213 e. The number of nitrogens with two attached hydrogens (primary N) is 1. The van der Waals surface area contributed by atoms with Gasteiger partial charge in [-0.15, -0.1) is 0 Å². The molecule has 2 heterocycles. The third-order valence-electron chi connectivity index (χ3n) is 1.87. The van der Waals surface area contributed by atoms with Crippen molar-refractivity contribution in [1.29, 1.82) is 0 Å². The predicted molar refractivity (Wildman–Crippen MR) is 73.7 cm³/mol. The van der Waals surface area contributed by atoms with E-state index in [1.165, 1.54) is 7.11 Å². The van der Waals surface area contributed by atoms with Crippen LogP contribution in [0.25, 0.3) is 0 Å². The number of aryl methyl sites for hydroxylation is 1.